The Kier molecular flexibility index (Phi) is 6.29. The number of para-hydroxylation sites is 1. The molecule has 36 heavy (non-hydrogen) atoms. The van der Waals surface area contributed by atoms with Gasteiger partial charge in [0.15, 0.2) is 0 Å². The minimum atomic E-state index is -0.404. The predicted molar refractivity (Wildman–Crippen MR) is 138 cm³/mol. The van der Waals surface area contributed by atoms with Crippen LogP contribution in [-0.2, 0) is 4.84 Å². The standard InChI is InChI=1S/C26H28FN7O2/c1-14-10-15(12-16(27)11-14)19-13-30-24(29)21(23(19)34-8-6-17(28)7-9-34)25-31-20-5-3-4-18(22(20)32-25)26(35)33-36-2/h3-5,10-13,17H,6-9,28H2,1-2H3,(H2,29,30)(H,31,32)(H,33,35). The van der Waals surface area contributed by atoms with Crippen LogP contribution in [0.5, 0.6) is 0 Å². The van der Waals surface area contributed by atoms with Crippen LogP contribution in [-0.4, -0.2) is 47.1 Å². The van der Waals surface area contributed by atoms with E-state index in [9.17, 15) is 9.18 Å². The number of nitrogens with zero attached hydrogens (tertiary/aromatic N) is 3. The highest BCUT2D eigenvalue weighted by Gasteiger charge is 2.27. The Morgan fingerprint density at radius 1 is 1.25 bits per heavy atom. The van der Waals surface area contributed by atoms with Gasteiger partial charge in [0.25, 0.3) is 5.91 Å². The number of benzene rings is 2. The number of aryl methyl sites for hydroxylation is 1. The molecule has 4 aromatic rings. The number of nitrogens with two attached hydrogens (primary N) is 2. The fraction of sp³-hybridized carbons (Fsp3) is 0.269. The Labute approximate surface area is 207 Å². The molecule has 0 atom stereocenters. The van der Waals surface area contributed by atoms with Gasteiger partial charge in [0.2, 0.25) is 0 Å². The smallest absolute Gasteiger partial charge is 0.277 e. The number of pyridine rings is 1. The summed E-state index contributed by atoms with van der Waals surface area (Å²) in [5, 5.41) is 0. The number of carbonyl (C=O) groups excluding carboxylic acids is 1. The lowest BCUT2D eigenvalue weighted by molar-refractivity contribution is 0.0539. The van der Waals surface area contributed by atoms with Crippen LogP contribution in [0.1, 0.15) is 28.8 Å². The SMILES string of the molecule is CONC(=O)c1cccc2nc(-c3c(N)ncc(-c4cc(C)cc(F)c4)c3N3CCC(N)CC3)[nH]c12. The summed E-state index contributed by atoms with van der Waals surface area (Å²) in [6, 6.07) is 10.3. The fourth-order valence-corrected chi connectivity index (χ4v) is 4.79. The number of nitrogens with one attached hydrogen (secondary N) is 2. The molecule has 6 N–H and O–H groups in total. The zero-order chi connectivity index (χ0) is 25.4. The Balaban J connectivity index is 1.74. The van der Waals surface area contributed by atoms with Crippen LogP contribution in [0.15, 0.2) is 42.6 Å². The average Bonchev–Trinajstić information content (AvgIpc) is 3.27. The maximum Gasteiger partial charge on any atom is 0.277 e. The Morgan fingerprint density at radius 2 is 2.03 bits per heavy atom. The number of aromatic nitrogens is 3. The zero-order valence-corrected chi connectivity index (χ0v) is 20.1. The van der Waals surface area contributed by atoms with Gasteiger partial charge in [-0.15, -0.1) is 0 Å². The molecule has 2 aromatic carbocycles. The topological polar surface area (TPSA) is 135 Å². The van der Waals surface area contributed by atoms with Crippen molar-refractivity contribution in [1.82, 2.24) is 20.4 Å². The number of hydrogen-bond donors (Lipinski definition) is 4. The lowest BCUT2D eigenvalue weighted by atomic mass is 9.97. The van der Waals surface area contributed by atoms with E-state index in [2.05, 4.69) is 20.3 Å². The van der Waals surface area contributed by atoms with Crippen LogP contribution >= 0.6 is 0 Å². The quantitative estimate of drug-likeness (QED) is 0.315. The number of halogens is 1. The number of H-pyrrole nitrogens is 1. The van der Waals surface area contributed by atoms with Crippen LogP contribution < -0.4 is 21.8 Å². The zero-order valence-electron chi connectivity index (χ0n) is 20.1. The first-order valence-electron chi connectivity index (χ1n) is 11.7. The van der Waals surface area contributed by atoms with Crippen molar-refractivity contribution >= 4 is 28.4 Å². The number of piperidine rings is 1. The summed E-state index contributed by atoms with van der Waals surface area (Å²) in [5.41, 5.74) is 20.1. The number of anilines is 2. The van der Waals surface area contributed by atoms with Gasteiger partial charge < -0.3 is 21.4 Å². The first kappa shape index (κ1) is 23.7. The molecule has 0 aliphatic carbocycles. The van der Waals surface area contributed by atoms with E-state index in [1.54, 1.807) is 18.3 Å². The third-order valence-corrected chi connectivity index (χ3v) is 6.48. The van der Waals surface area contributed by atoms with E-state index in [1.807, 2.05) is 19.1 Å². The number of hydrogen-bond acceptors (Lipinski definition) is 7. The van der Waals surface area contributed by atoms with E-state index in [0.29, 0.717) is 46.6 Å². The number of nitrogen functional groups attached to an aromatic ring is 1. The van der Waals surface area contributed by atoms with Gasteiger partial charge in [-0.3, -0.25) is 9.63 Å². The highest BCUT2D eigenvalue weighted by molar-refractivity contribution is 6.05. The molecule has 1 amide bonds. The predicted octanol–water partition coefficient (Wildman–Crippen LogP) is 3.54. The number of aromatic amines is 1. The fourth-order valence-electron chi connectivity index (χ4n) is 4.79. The van der Waals surface area contributed by atoms with Crippen LogP contribution in [0, 0.1) is 12.7 Å². The lowest BCUT2D eigenvalue weighted by Gasteiger charge is -2.34. The van der Waals surface area contributed by atoms with Crippen molar-refractivity contribution in [3.05, 3.63) is 59.5 Å². The van der Waals surface area contributed by atoms with Gasteiger partial charge in [-0.25, -0.2) is 19.8 Å². The molecule has 2 aromatic heterocycles. The monoisotopic (exact) mass is 489 g/mol. The lowest BCUT2D eigenvalue weighted by Crippen LogP contribution is -2.40. The van der Waals surface area contributed by atoms with Crippen LogP contribution in [0.3, 0.4) is 0 Å². The van der Waals surface area contributed by atoms with Crippen molar-refractivity contribution in [3.63, 3.8) is 0 Å². The van der Waals surface area contributed by atoms with E-state index in [-0.39, 0.29) is 17.7 Å². The van der Waals surface area contributed by atoms with Gasteiger partial charge in [-0.05, 0) is 55.2 Å². The van der Waals surface area contributed by atoms with Gasteiger partial charge in [-0.1, -0.05) is 12.1 Å². The summed E-state index contributed by atoms with van der Waals surface area (Å²) in [6.07, 6.45) is 3.30. The highest BCUT2D eigenvalue weighted by atomic mass is 19.1. The molecule has 1 aliphatic heterocycles. The molecule has 9 nitrogen and oxygen atoms in total. The molecule has 0 bridgehead atoms. The molecule has 186 valence electrons. The van der Waals surface area contributed by atoms with E-state index >= 15 is 0 Å². The van der Waals surface area contributed by atoms with Crippen LogP contribution in [0.4, 0.5) is 15.9 Å². The van der Waals surface area contributed by atoms with Crippen molar-refractivity contribution in [2.24, 2.45) is 5.73 Å². The second-order valence-corrected chi connectivity index (χ2v) is 9.04. The Morgan fingerprint density at radius 3 is 2.75 bits per heavy atom. The van der Waals surface area contributed by atoms with Gasteiger partial charge in [0.05, 0.1) is 35.0 Å². The second-order valence-electron chi connectivity index (χ2n) is 9.04. The maximum absolute atomic E-state index is 14.4. The normalized spacial score (nSPS) is 14.4. The van der Waals surface area contributed by atoms with Gasteiger partial charge in [-0.2, -0.15) is 0 Å². The van der Waals surface area contributed by atoms with Gasteiger partial charge in [0, 0.05) is 30.9 Å². The number of amides is 1. The van der Waals surface area contributed by atoms with Crippen LogP contribution in [0.25, 0.3) is 33.5 Å². The van der Waals surface area contributed by atoms with Crippen molar-refractivity contribution in [1.29, 1.82) is 0 Å². The Hall–Kier alpha value is -4.02. The Bertz CT molecular complexity index is 1420. The molecular weight excluding hydrogens is 461 g/mol. The molecule has 1 aliphatic rings. The maximum atomic E-state index is 14.4. The number of carbonyl (C=O) groups is 1. The minimum Gasteiger partial charge on any atom is -0.383 e. The highest BCUT2D eigenvalue weighted by Crippen LogP contribution is 2.43. The summed E-state index contributed by atoms with van der Waals surface area (Å²) >= 11 is 0. The largest absolute Gasteiger partial charge is 0.383 e. The van der Waals surface area contributed by atoms with Crippen molar-refractivity contribution in [3.8, 4) is 22.5 Å². The van der Waals surface area contributed by atoms with E-state index in [4.69, 9.17) is 21.3 Å². The molecule has 5 rings (SSSR count). The van der Waals surface area contributed by atoms with E-state index in [0.717, 1.165) is 29.7 Å². The van der Waals surface area contributed by atoms with Crippen molar-refractivity contribution in [2.75, 3.05) is 30.8 Å². The molecule has 0 unspecified atom stereocenters. The molecule has 0 spiro atoms. The molecule has 1 saturated heterocycles. The number of rotatable bonds is 5. The first-order chi connectivity index (χ1) is 17.4. The van der Waals surface area contributed by atoms with Crippen molar-refractivity contribution in [2.45, 2.75) is 25.8 Å². The summed E-state index contributed by atoms with van der Waals surface area (Å²) in [7, 11) is 1.37. The molecule has 10 heteroatoms. The summed E-state index contributed by atoms with van der Waals surface area (Å²) in [5.74, 6) is 0.0114. The number of hydroxylamine groups is 1. The number of fused-ring (bicyclic) bond motifs is 1. The average molecular weight is 490 g/mol. The molecular formula is C26H28FN7O2. The minimum absolute atomic E-state index is 0.122. The molecule has 3 heterocycles. The third-order valence-electron chi connectivity index (χ3n) is 6.48. The van der Waals surface area contributed by atoms with E-state index < -0.39 is 5.91 Å². The summed E-state index contributed by atoms with van der Waals surface area (Å²) in [6.45, 7) is 3.27. The first-order valence-corrected chi connectivity index (χ1v) is 11.7. The van der Waals surface area contributed by atoms with Gasteiger partial charge >= 0.3 is 0 Å². The molecule has 0 radical (unpaired) electrons. The van der Waals surface area contributed by atoms with Gasteiger partial charge in [0.1, 0.15) is 17.5 Å². The second kappa shape index (κ2) is 9.56. The number of imidazole rings is 1. The van der Waals surface area contributed by atoms with E-state index in [1.165, 1.54) is 19.2 Å². The summed E-state index contributed by atoms with van der Waals surface area (Å²) in [4.78, 5) is 32.1. The molecule has 1 fully saturated rings. The molecule has 0 saturated carbocycles. The third kappa shape index (κ3) is 4.36. The summed E-state index contributed by atoms with van der Waals surface area (Å²) < 4.78 is 14.4. The van der Waals surface area contributed by atoms with Crippen LogP contribution in [0.2, 0.25) is 0 Å². The van der Waals surface area contributed by atoms with Crippen molar-refractivity contribution < 1.29 is 14.0 Å².